The summed E-state index contributed by atoms with van der Waals surface area (Å²) in [5.41, 5.74) is 0.379. The van der Waals surface area contributed by atoms with E-state index in [2.05, 4.69) is 18.9 Å². The van der Waals surface area contributed by atoms with Crippen LogP contribution in [0.3, 0.4) is 0 Å². The molecule has 1 aliphatic rings. The fraction of sp³-hybridized carbons (Fsp3) is 0.692. The molecule has 0 unspecified atom stereocenters. The Morgan fingerprint density at radius 1 is 1.44 bits per heavy atom. The van der Waals surface area contributed by atoms with E-state index in [4.69, 9.17) is 4.74 Å². The summed E-state index contributed by atoms with van der Waals surface area (Å²) in [6.07, 6.45) is 1.51. The van der Waals surface area contributed by atoms with E-state index in [1.54, 1.807) is 11.1 Å². The Bertz CT molecular complexity index is 457. The van der Waals surface area contributed by atoms with Crippen LogP contribution in [0.1, 0.15) is 40.3 Å². The minimum Gasteiger partial charge on any atom is -0.444 e. The molecule has 0 saturated carbocycles. The Labute approximate surface area is 108 Å². The molecule has 2 heterocycles. The van der Waals surface area contributed by atoms with Gasteiger partial charge in [0.2, 0.25) is 0 Å². The first-order valence-corrected chi connectivity index (χ1v) is 6.20. The number of hydrogen-bond donors (Lipinski definition) is 0. The molecule has 1 aromatic rings. The first-order chi connectivity index (χ1) is 8.19. The van der Waals surface area contributed by atoms with Crippen molar-refractivity contribution in [1.29, 1.82) is 0 Å². The van der Waals surface area contributed by atoms with E-state index in [0.29, 0.717) is 13.1 Å². The van der Waals surface area contributed by atoms with Crippen molar-refractivity contribution in [2.75, 3.05) is 6.54 Å². The minimum absolute atomic E-state index is 0.200. The number of aromatic nitrogens is 2. The van der Waals surface area contributed by atoms with Crippen LogP contribution in [0.2, 0.25) is 0 Å². The zero-order valence-electron chi connectivity index (χ0n) is 11.7. The van der Waals surface area contributed by atoms with Gasteiger partial charge in [-0.2, -0.15) is 5.10 Å². The third-order valence-corrected chi connectivity index (χ3v) is 2.88. The molecular weight excluding hydrogens is 230 g/mol. The summed E-state index contributed by atoms with van der Waals surface area (Å²) in [4.78, 5) is 13.8. The zero-order chi connectivity index (χ0) is 13.6. The molecule has 0 fully saturated rings. The molecule has 0 atom stereocenters. The lowest BCUT2D eigenvalue weighted by atomic mass is 10.0. The third kappa shape index (κ3) is 2.49. The van der Waals surface area contributed by atoms with E-state index in [1.165, 1.54) is 0 Å². The Balaban J connectivity index is 2.18. The summed E-state index contributed by atoms with van der Waals surface area (Å²) in [7, 11) is 0. The van der Waals surface area contributed by atoms with Gasteiger partial charge in [-0.3, -0.25) is 9.58 Å². The predicted octanol–water partition coefficient (Wildman–Crippen LogP) is 2.37. The van der Waals surface area contributed by atoms with Crippen molar-refractivity contribution in [2.45, 2.75) is 52.3 Å². The average molecular weight is 251 g/mol. The van der Waals surface area contributed by atoms with Crippen LogP contribution >= 0.6 is 0 Å². The molecule has 0 aromatic carbocycles. The highest BCUT2D eigenvalue weighted by molar-refractivity contribution is 5.68. The number of nitrogens with zero attached hydrogens (tertiary/aromatic N) is 3. The molecule has 1 aliphatic heterocycles. The first-order valence-electron chi connectivity index (χ1n) is 6.20. The van der Waals surface area contributed by atoms with Gasteiger partial charge in [0.1, 0.15) is 5.60 Å². The minimum atomic E-state index is -0.459. The molecular formula is C13H21N3O2. The summed E-state index contributed by atoms with van der Waals surface area (Å²) in [6.45, 7) is 10.9. The number of carbonyl (C=O) groups is 1. The SMILES string of the molecule is CC(C)(C)OC(=O)N1Cc2ccnn2C(C)(C)C1. The van der Waals surface area contributed by atoms with Crippen LogP contribution in [0.15, 0.2) is 12.3 Å². The normalized spacial score (nSPS) is 18.4. The molecule has 0 N–H and O–H groups in total. The lowest BCUT2D eigenvalue weighted by Crippen LogP contribution is -2.50. The molecule has 2 rings (SSSR count). The topological polar surface area (TPSA) is 47.4 Å². The number of ether oxygens (including phenoxy) is 1. The van der Waals surface area contributed by atoms with Crippen LogP contribution in [-0.4, -0.2) is 32.9 Å². The quantitative estimate of drug-likeness (QED) is 0.711. The van der Waals surface area contributed by atoms with E-state index >= 15 is 0 Å². The average Bonchev–Trinajstić information content (AvgIpc) is 2.62. The molecule has 1 aromatic heterocycles. The highest BCUT2D eigenvalue weighted by atomic mass is 16.6. The number of hydrogen-bond acceptors (Lipinski definition) is 3. The van der Waals surface area contributed by atoms with Gasteiger partial charge in [-0.05, 0) is 40.7 Å². The monoisotopic (exact) mass is 251 g/mol. The van der Waals surface area contributed by atoms with Crippen molar-refractivity contribution in [2.24, 2.45) is 0 Å². The lowest BCUT2D eigenvalue weighted by Gasteiger charge is -2.39. The summed E-state index contributed by atoms with van der Waals surface area (Å²) in [6, 6.07) is 1.94. The maximum Gasteiger partial charge on any atom is 0.410 e. The molecule has 0 aliphatic carbocycles. The second-order valence-corrected chi connectivity index (χ2v) is 6.38. The zero-order valence-corrected chi connectivity index (χ0v) is 11.7. The lowest BCUT2D eigenvalue weighted by molar-refractivity contribution is 0.00909. The van der Waals surface area contributed by atoms with Crippen molar-refractivity contribution >= 4 is 6.09 Å². The molecule has 0 spiro atoms. The van der Waals surface area contributed by atoms with Gasteiger partial charge >= 0.3 is 6.09 Å². The van der Waals surface area contributed by atoms with Gasteiger partial charge < -0.3 is 4.74 Å². The molecule has 0 radical (unpaired) electrons. The highest BCUT2D eigenvalue weighted by Gasteiger charge is 2.35. The van der Waals surface area contributed by atoms with Crippen LogP contribution in [0.25, 0.3) is 0 Å². The first kappa shape index (κ1) is 12.9. The Kier molecular flexibility index (Phi) is 2.87. The fourth-order valence-corrected chi connectivity index (χ4v) is 2.24. The van der Waals surface area contributed by atoms with Crippen molar-refractivity contribution in [1.82, 2.24) is 14.7 Å². The Morgan fingerprint density at radius 3 is 2.72 bits per heavy atom. The molecule has 0 bridgehead atoms. The van der Waals surface area contributed by atoms with Crippen LogP contribution in [0, 0.1) is 0 Å². The number of carbonyl (C=O) groups excluding carboxylic acids is 1. The molecule has 1 amide bonds. The number of fused-ring (bicyclic) bond motifs is 1. The van der Waals surface area contributed by atoms with E-state index in [1.807, 2.05) is 31.5 Å². The number of amides is 1. The van der Waals surface area contributed by atoms with Gasteiger partial charge in [0.05, 0.1) is 17.8 Å². The second-order valence-electron chi connectivity index (χ2n) is 6.38. The molecule has 100 valence electrons. The largest absolute Gasteiger partial charge is 0.444 e. The van der Waals surface area contributed by atoms with Crippen LogP contribution in [0.5, 0.6) is 0 Å². The van der Waals surface area contributed by atoms with Gasteiger partial charge in [0, 0.05) is 12.7 Å². The van der Waals surface area contributed by atoms with E-state index in [-0.39, 0.29) is 11.6 Å². The maximum atomic E-state index is 12.1. The van der Waals surface area contributed by atoms with Crippen molar-refractivity contribution in [3.05, 3.63) is 18.0 Å². The van der Waals surface area contributed by atoms with Gasteiger partial charge in [0.15, 0.2) is 0 Å². The van der Waals surface area contributed by atoms with Crippen molar-refractivity contribution < 1.29 is 9.53 Å². The van der Waals surface area contributed by atoms with Gasteiger partial charge in [-0.1, -0.05) is 0 Å². The van der Waals surface area contributed by atoms with Gasteiger partial charge in [-0.25, -0.2) is 4.79 Å². The molecule has 5 heteroatoms. The third-order valence-electron chi connectivity index (χ3n) is 2.88. The summed E-state index contributed by atoms with van der Waals surface area (Å²) < 4.78 is 7.40. The maximum absolute atomic E-state index is 12.1. The summed E-state index contributed by atoms with van der Waals surface area (Å²) >= 11 is 0. The van der Waals surface area contributed by atoms with E-state index < -0.39 is 5.60 Å². The summed E-state index contributed by atoms with van der Waals surface area (Å²) in [5, 5.41) is 4.32. The van der Waals surface area contributed by atoms with Crippen molar-refractivity contribution in [3.8, 4) is 0 Å². The molecule has 5 nitrogen and oxygen atoms in total. The number of rotatable bonds is 0. The van der Waals surface area contributed by atoms with Crippen molar-refractivity contribution in [3.63, 3.8) is 0 Å². The predicted molar refractivity (Wildman–Crippen MR) is 68.2 cm³/mol. The van der Waals surface area contributed by atoms with E-state index in [9.17, 15) is 4.79 Å². The standard InChI is InChI=1S/C13H21N3O2/c1-12(2,3)18-11(17)15-8-10-6-7-14-16(10)13(4,5)9-15/h6-7H,8-9H2,1-5H3. The smallest absolute Gasteiger partial charge is 0.410 e. The highest BCUT2D eigenvalue weighted by Crippen LogP contribution is 2.26. The van der Waals surface area contributed by atoms with Crippen LogP contribution < -0.4 is 0 Å². The molecule has 0 saturated heterocycles. The Morgan fingerprint density at radius 2 is 2.11 bits per heavy atom. The van der Waals surface area contributed by atoms with Gasteiger partial charge in [0.25, 0.3) is 0 Å². The summed E-state index contributed by atoms with van der Waals surface area (Å²) in [5.74, 6) is 0. The van der Waals surface area contributed by atoms with Crippen LogP contribution in [0.4, 0.5) is 4.79 Å². The fourth-order valence-electron chi connectivity index (χ4n) is 2.24. The van der Waals surface area contributed by atoms with E-state index in [0.717, 1.165) is 5.69 Å². The molecule has 18 heavy (non-hydrogen) atoms. The second kappa shape index (κ2) is 4.00. The van der Waals surface area contributed by atoms with Crippen LogP contribution in [-0.2, 0) is 16.8 Å². The Hall–Kier alpha value is -1.52. The van der Waals surface area contributed by atoms with Gasteiger partial charge in [-0.15, -0.1) is 0 Å².